The zero-order valence-electron chi connectivity index (χ0n) is 12.3. The molecule has 2 rings (SSSR count). The van der Waals surface area contributed by atoms with Gasteiger partial charge in [0, 0.05) is 6.04 Å². The van der Waals surface area contributed by atoms with E-state index in [2.05, 4.69) is 0 Å². The molecule has 130 valence electrons. The summed E-state index contributed by atoms with van der Waals surface area (Å²) in [4.78, 5) is 10.7. The molecule has 0 heterocycles. The van der Waals surface area contributed by atoms with Crippen molar-refractivity contribution < 1.29 is 27.8 Å². The normalized spacial score (nSPS) is 12.2. The van der Waals surface area contributed by atoms with Gasteiger partial charge in [-0.05, 0) is 29.8 Å². The van der Waals surface area contributed by atoms with Crippen LogP contribution in [0.1, 0.15) is 23.6 Å². The summed E-state index contributed by atoms with van der Waals surface area (Å²) in [6, 6.07) is 10.1. The van der Waals surface area contributed by atoms with Crippen molar-refractivity contribution in [3.05, 3.63) is 59.7 Å². The van der Waals surface area contributed by atoms with Gasteiger partial charge in [-0.1, -0.05) is 24.3 Å². The van der Waals surface area contributed by atoms with E-state index < -0.39 is 23.8 Å². The number of benzene rings is 2. The van der Waals surface area contributed by atoms with Crippen LogP contribution >= 0.6 is 12.4 Å². The molecule has 2 aromatic rings. The minimum Gasteiger partial charge on any atom is -0.481 e. The predicted molar refractivity (Wildman–Crippen MR) is 84.4 cm³/mol. The monoisotopic (exact) mass is 361 g/mol. The Bertz CT molecular complexity index is 707. The molecule has 2 aromatic carbocycles. The Kier molecular flexibility index (Phi) is 6.62. The van der Waals surface area contributed by atoms with Gasteiger partial charge in [0.1, 0.15) is 11.5 Å². The van der Waals surface area contributed by atoms with Crippen molar-refractivity contribution in [3.8, 4) is 11.5 Å². The molecule has 0 radical (unpaired) electrons. The van der Waals surface area contributed by atoms with Crippen LogP contribution in [0.2, 0.25) is 0 Å². The summed E-state index contributed by atoms with van der Waals surface area (Å²) in [5, 5.41) is 8.74. The van der Waals surface area contributed by atoms with Crippen molar-refractivity contribution in [2.75, 3.05) is 0 Å². The van der Waals surface area contributed by atoms with Gasteiger partial charge in [-0.25, -0.2) is 0 Å². The topological polar surface area (TPSA) is 72.6 Å². The number of ether oxygens (including phenoxy) is 1. The first-order valence-corrected chi connectivity index (χ1v) is 6.69. The highest BCUT2D eigenvalue weighted by molar-refractivity contribution is 5.85. The van der Waals surface area contributed by atoms with Crippen LogP contribution in [0.3, 0.4) is 0 Å². The molecule has 0 amide bonds. The van der Waals surface area contributed by atoms with Crippen molar-refractivity contribution in [1.82, 2.24) is 0 Å². The minimum absolute atomic E-state index is 0. The van der Waals surface area contributed by atoms with E-state index in [0.29, 0.717) is 5.56 Å². The smallest absolute Gasteiger partial charge is 0.419 e. The lowest BCUT2D eigenvalue weighted by Crippen LogP contribution is -2.14. The SMILES string of the molecule is Cl.N[C@@H](CC(=O)O)c1cccc(Oc2ccccc2C(F)(F)F)c1. The molecule has 0 spiro atoms. The molecule has 0 aliphatic heterocycles. The number of aliphatic carboxylic acids is 1. The van der Waals surface area contributed by atoms with Gasteiger partial charge in [0.2, 0.25) is 0 Å². The number of rotatable bonds is 5. The second-order valence-corrected chi connectivity index (χ2v) is 4.87. The van der Waals surface area contributed by atoms with Crippen LogP contribution in [0, 0.1) is 0 Å². The Hall–Kier alpha value is -2.25. The quantitative estimate of drug-likeness (QED) is 0.828. The molecular formula is C16H15ClF3NO3. The van der Waals surface area contributed by atoms with Crippen molar-refractivity contribution >= 4 is 18.4 Å². The minimum atomic E-state index is -4.53. The molecule has 8 heteroatoms. The number of halogens is 4. The lowest BCUT2D eigenvalue weighted by Gasteiger charge is -2.15. The van der Waals surface area contributed by atoms with Gasteiger partial charge in [-0.3, -0.25) is 4.79 Å². The van der Waals surface area contributed by atoms with E-state index in [1.54, 1.807) is 12.1 Å². The predicted octanol–water partition coefficient (Wildman–Crippen LogP) is 4.39. The van der Waals surface area contributed by atoms with E-state index in [1.807, 2.05) is 0 Å². The maximum absolute atomic E-state index is 12.9. The molecule has 0 saturated carbocycles. The molecular weight excluding hydrogens is 347 g/mol. The van der Waals surface area contributed by atoms with Crippen LogP contribution < -0.4 is 10.5 Å². The van der Waals surface area contributed by atoms with Gasteiger partial charge < -0.3 is 15.6 Å². The Morgan fingerprint density at radius 2 is 1.83 bits per heavy atom. The number of nitrogens with two attached hydrogens (primary N) is 1. The fourth-order valence-electron chi connectivity index (χ4n) is 2.03. The molecule has 3 N–H and O–H groups in total. The largest absolute Gasteiger partial charge is 0.481 e. The second kappa shape index (κ2) is 8.03. The summed E-state index contributed by atoms with van der Waals surface area (Å²) in [6.07, 6.45) is -4.82. The lowest BCUT2D eigenvalue weighted by atomic mass is 10.0. The molecule has 0 bridgehead atoms. The van der Waals surface area contributed by atoms with Gasteiger partial charge in [0.05, 0.1) is 12.0 Å². The highest BCUT2D eigenvalue weighted by Gasteiger charge is 2.34. The highest BCUT2D eigenvalue weighted by atomic mass is 35.5. The maximum Gasteiger partial charge on any atom is 0.419 e. The maximum atomic E-state index is 12.9. The first-order valence-electron chi connectivity index (χ1n) is 6.69. The summed E-state index contributed by atoms with van der Waals surface area (Å²) in [5.74, 6) is -1.24. The first-order chi connectivity index (χ1) is 10.8. The van der Waals surface area contributed by atoms with E-state index in [9.17, 15) is 18.0 Å². The van der Waals surface area contributed by atoms with Crippen molar-refractivity contribution in [3.63, 3.8) is 0 Å². The van der Waals surface area contributed by atoms with Crippen molar-refractivity contribution in [2.24, 2.45) is 5.73 Å². The Morgan fingerprint density at radius 1 is 1.17 bits per heavy atom. The molecule has 0 aliphatic rings. The van der Waals surface area contributed by atoms with Crippen molar-refractivity contribution in [2.45, 2.75) is 18.6 Å². The number of carboxylic acid groups (broad SMARTS) is 1. The fraction of sp³-hybridized carbons (Fsp3) is 0.188. The van der Waals surface area contributed by atoms with E-state index in [0.717, 1.165) is 6.07 Å². The number of alkyl halides is 3. The Morgan fingerprint density at radius 3 is 2.46 bits per heavy atom. The van der Waals surface area contributed by atoms with E-state index in [-0.39, 0.29) is 30.3 Å². The van der Waals surface area contributed by atoms with Crippen LogP contribution in [0.5, 0.6) is 11.5 Å². The average Bonchev–Trinajstić information content (AvgIpc) is 2.46. The Balaban J connectivity index is 0.00000288. The second-order valence-electron chi connectivity index (χ2n) is 4.87. The molecule has 1 atom stereocenters. The Labute approximate surface area is 142 Å². The standard InChI is InChI=1S/C16H14F3NO3.ClH/c17-16(18,19)12-6-1-2-7-14(12)23-11-5-3-4-10(8-11)13(20)9-15(21)22;/h1-8,13H,9,20H2,(H,21,22);1H/t13-;/m0./s1. The number of carbonyl (C=O) groups is 1. The third-order valence-corrected chi connectivity index (χ3v) is 3.10. The summed E-state index contributed by atoms with van der Waals surface area (Å²) in [5.41, 5.74) is 5.32. The van der Waals surface area contributed by atoms with E-state index in [4.69, 9.17) is 15.6 Å². The number of hydrogen-bond donors (Lipinski definition) is 2. The van der Waals surface area contributed by atoms with Crippen LogP contribution in [-0.2, 0) is 11.0 Å². The highest BCUT2D eigenvalue weighted by Crippen LogP contribution is 2.38. The summed E-state index contributed by atoms with van der Waals surface area (Å²) >= 11 is 0. The number of carboxylic acids is 1. The van der Waals surface area contributed by atoms with Gasteiger partial charge in [0.15, 0.2) is 0 Å². The third kappa shape index (κ3) is 5.14. The van der Waals surface area contributed by atoms with Crippen LogP contribution in [0.15, 0.2) is 48.5 Å². The van der Waals surface area contributed by atoms with Gasteiger partial charge >= 0.3 is 12.1 Å². The summed E-state index contributed by atoms with van der Waals surface area (Å²) in [7, 11) is 0. The summed E-state index contributed by atoms with van der Waals surface area (Å²) in [6.45, 7) is 0. The number of hydrogen-bond acceptors (Lipinski definition) is 3. The van der Waals surface area contributed by atoms with Gasteiger partial charge in [-0.15, -0.1) is 12.4 Å². The molecule has 0 unspecified atom stereocenters. The number of para-hydroxylation sites is 1. The zero-order chi connectivity index (χ0) is 17.0. The molecule has 0 aromatic heterocycles. The van der Waals surface area contributed by atoms with Crippen LogP contribution in [0.4, 0.5) is 13.2 Å². The first kappa shape index (κ1) is 19.8. The average molecular weight is 362 g/mol. The molecule has 4 nitrogen and oxygen atoms in total. The van der Waals surface area contributed by atoms with E-state index >= 15 is 0 Å². The van der Waals surface area contributed by atoms with Crippen LogP contribution in [0.25, 0.3) is 0 Å². The van der Waals surface area contributed by atoms with Crippen molar-refractivity contribution in [1.29, 1.82) is 0 Å². The molecule has 24 heavy (non-hydrogen) atoms. The molecule has 0 fully saturated rings. The van der Waals surface area contributed by atoms with Crippen LogP contribution in [-0.4, -0.2) is 11.1 Å². The zero-order valence-corrected chi connectivity index (χ0v) is 13.1. The summed E-state index contributed by atoms with van der Waals surface area (Å²) < 4.78 is 44.1. The van der Waals surface area contributed by atoms with Gasteiger partial charge in [0.25, 0.3) is 0 Å². The third-order valence-electron chi connectivity index (χ3n) is 3.10. The lowest BCUT2D eigenvalue weighted by molar-refractivity contribution is -0.139. The molecule has 0 saturated heterocycles. The van der Waals surface area contributed by atoms with Gasteiger partial charge in [-0.2, -0.15) is 13.2 Å². The van der Waals surface area contributed by atoms with E-state index in [1.165, 1.54) is 30.3 Å². The fourth-order valence-corrected chi connectivity index (χ4v) is 2.03. The molecule has 0 aliphatic carbocycles.